The number of carbonyl (C=O) groups is 4. The first-order valence-electron chi connectivity index (χ1n) is 11.0. The molecular weight excluding hydrogens is 436 g/mol. The third kappa shape index (κ3) is 9.14. The van der Waals surface area contributed by atoms with Crippen molar-refractivity contribution in [3.05, 3.63) is 35.4 Å². The number of amides is 4. The van der Waals surface area contributed by atoms with E-state index in [-0.39, 0.29) is 6.54 Å². The van der Waals surface area contributed by atoms with Gasteiger partial charge < -0.3 is 26.0 Å². The Morgan fingerprint density at radius 3 is 2.06 bits per heavy atom. The number of ether oxygens (including phenoxy) is 1. The van der Waals surface area contributed by atoms with Gasteiger partial charge >= 0.3 is 6.09 Å². The Morgan fingerprint density at radius 2 is 1.65 bits per heavy atom. The Kier molecular flexibility index (Phi) is 9.68. The summed E-state index contributed by atoms with van der Waals surface area (Å²) in [6, 6.07) is 4.32. The van der Waals surface area contributed by atoms with Crippen LogP contribution in [0.1, 0.15) is 72.1 Å². The summed E-state index contributed by atoms with van der Waals surface area (Å²) < 4.78 is 5.23. The van der Waals surface area contributed by atoms with Crippen molar-refractivity contribution in [1.29, 1.82) is 0 Å². The van der Waals surface area contributed by atoms with E-state index in [0.29, 0.717) is 11.1 Å². The summed E-state index contributed by atoms with van der Waals surface area (Å²) in [5.74, 6) is 0.645. The molecule has 9 heteroatoms. The number of nitrogens with two attached hydrogens (primary N) is 1. The van der Waals surface area contributed by atoms with E-state index >= 15 is 0 Å². The summed E-state index contributed by atoms with van der Waals surface area (Å²) in [5, 5.41) is 5.31. The summed E-state index contributed by atoms with van der Waals surface area (Å²) >= 11 is 0. The minimum Gasteiger partial charge on any atom is -0.444 e. The van der Waals surface area contributed by atoms with Crippen LogP contribution in [0, 0.1) is 12.3 Å². The van der Waals surface area contributed by atoms with Crippen molar-refractivity contribution in [1.82, 2.24) is 15.5 Å². The molecule has 0 fully saturated rings. The van der Waals surface area contributed by atoms with Gasteiger partial charge in [0.1, 0.15) is 17.7 Å². The van der Waals surface area contributed by atoms with Crippen molar-refractivity contribution in [2.24, 2.45) is 5.73 Å². The van der Waals surface area contributed by atoms with Gasteiger partial charge in [-0.25, -0.2) is 4.79 Å². The van der Waals surface area contributed by atoms with E-state index in [1.807, 2.05) is 20.8 Å². The maximum Gasteiger partial charge on any atom is 0.408 e. The second-order valence-corrected chi connectivity index (χ2v) is 9.90. The lowest BCUT2D eigenvalue weighted by atomic mass is 9.99. The van der Waals surface area contributed by atoms with Gasteiger partial charge in [-0.15, -0.1) is 6.42 Å². The van der Waals surface area contributed by atoms with Gasteiger partial charge in [0.25, 0.3) is 0 Å². The molecule has 0 radical (unpaired) electrons. The van der Waals surface area contributed by atoms with Crippen LogP contribution in [-0.2, 0) is 19.1 Å². The molecule has 2 unspecified atom stereocenters. The standard InChI is InChI=1S/C25H36N4O5/c1-9-16-11-13-17(14-12-16)20(21(31)28-24(3,4)5)29(10-2)22(32)18(15-19(26)30)27-23(33)34-25(6,7)8/h1,11-14,18,20H,10,15H2,2-8H3,(H2,26,30)(H,27,33)(H,28,31). The molecule has 4 amide bonds. The first kappa shape index (κ1) is 28.5. The number of alkyl carbamates (subject to hydrolysis) is 1. The summed E-state index contributed by atoms with van der Waals surface area (Å²) in [6.45, 7) is 12.3. The fraction of sp³-hybridized carbons (Fsp3) is 0.520. The second kappa shape index (κ2) is 11.5. The van der Waals surface area contributed by atoms with Crippen molar-refractivity contribution in [3.63, 3.8) is 0 Å². The van der Waals surface area contributed by atoms with Gasteiger partial charge in [0.15, 0.2) is 0 Å². The number of hydrogen-bond donors (Lipinski definition) is 3. The minimum atomic E-state index is -1.32. The molecule has 186 valence electrons. The van der Waals surface area contributed by atoms with Crippen LogP contribution in [0.5, 0.6) is 0 Å². The number of terminal acetylenes is 1. The fourth-order valence-corrected chi connectivity index (χ4v) is 3.19. The molecule has 2 atom stereocenters. The molecular formula is C25H36N4O5. The third-order valence-corrected chi connectivity index (χ3v) is 4.47. The van der Waals surface area contributed by atoms with Gasteiger partial charge in [-0.2, -0.15) is 0 Å². The van der Waals surface area contributed by atoms with Gasteiger partial charge in [0.05, 0.1) is 6.42 Å². The zero-order valence-electron chi connectivity index (χ0n) is 21.0. The number of likely N-dealkylation sites (N-methyl/N-ethyl adjacent to an activating group) is 1. The Labute approximate surface area is 201 Å². The quantitative estimate of drug-likeness (QED) is 0.500. The van der Waals surface area contributed by atoms with Crippen molar-refractivity contribution < 1.29 is 23.9 Å². The minimum absolute atomic E-state index is 0.114. The van der Waals surface area contributed by atoms with Crippen LogP contribution in [0.2, 0.25) is 0 Å². The van der Waals surface area contributed by atoms with Crippen LogP contribution in [0.3, 0.4) is 0 Å². The second-order valence-electron chi connectivity index (χ2n) is 9.90. The van der Waals surface area contributed by atoms with E-state index in [1.165, 1.54) is 4.90 Å². The van der Waals surface area contributed by atoms with Crippen LogP contribution in [0.25, 0.3) is 0 Å². The highest BCUT2D eigenvalue weighted by Gasteiger charge is 2.37. The molecule has 0 aromatic heterocycles. The van der Waals surface area contributed by atoms with Crippen LogP contribution in [0.4, 0.5) is 4.79 Å². The van der Waals surface area contributed by atoms with E-state index in [4.69, 9.17) is 16.9 Å². The van der Waals surface area contributed by atoms with E-state index in [9.17, 15) is 19.2 Å². The molecule has 0 heterocycles. The first-order valence-corrected chi connectivity index (χ1v) is 11.0. The predicted molar refractivity (Wildman–Crippen MR) is 129 cm³/mol. The third-order valence-electron chi connectivity index (χ3n) is 4.47. The maximum absolute atomic E-state index is 13.6. The van der Waals surface area contributed by atoms with Crippen molar-refractivity contribution >= 4 is 23.8 Å². The number of nitrogens with one attached hydrogen (secondary N) is 2. The highest BCUT2D eigenvalue weighted by Crippen LogP contribution is 2.24. The summed E-state index contributed by atoms with van der Waals surface area (Å²) in [6.07, 6.45) is 4.10. The van der Waals surface area contributed by atoms with Crippen LogP contribution < -0.4 is 16.4 Å². The van der Waals surface area contributed by atoms with E-state index in [2.05, 4.69) is 16.6 Å². The topological polar surface area (TPSA) is 131 Å². The molecule has 34 heavy (non-hydrogen) atoms. The monoisotopic (exact) mass is 472 g/mol. The number of nitrogens with zero attached hydrogens (tertiary/aromatic N) is 1. The molecule has 0 saturated carbocycles. The number of rotatable bonds is 8. The van der Waals surface area contributed by atoms with Gasteiger partial charge in [-0.3, -0.25) is 14.4 Å². The Bertz CT molecular complexity index is 936. The van der Waals surface area contributed by atoms with Crippen molar-refractivity contribution in [2.75, 3.05) is 6.54 Å². The van der Waals surface area contributed by atoms with Crippen LogP contribution >= 0.6 is 0 Å². The molecule has 0 spiro atoms. The fourth-order valence-electron chi connectivity index (χ4n) is 3.19. The molecule has 0 saturated heterocycles. The lowest BCUT2D eigenvalue weighted by Gasteiger charge is -2.35. The highest BCUT2D eigenvalue weighted by atomic mass is 16.6. The molecule has 1 aromatic carbocycles. The lowest BCUT2D eigenvalue weighted by molar-refractivity contribution is -0.143. The Morgan fingerprint density at radius 1 is 1.09 bits per heavy atom. The largest absolute Gasteiger partial charge is 0.444 e. The number of hydrogen-bond acceptors (Lipinski definition) is 5. The SMILES string of the molecule is C#Cc1ccc(C(C(=O)NC(C)(C)C)N(CC)C(=O)C(CC(N)=O)NC(=O)OC(C)(C)C)cc1. The Balaban J connectivity index is 3.42. The predicted octanol–water partition coefficient (Wildman–Crippen LogP) is 2.24. The number of carbonyl (C=O) groups excluding carboxylic acids is 4. The molecule has 0 aliphatic rings. The highest BCUT2D eigenvalue weighted by molar-refractivity contribution is 5.94. The Hall–Kier alpha value is -3.54. The summed E-state index contributed by atoms with van der Waals surface area (Å²) in [7, 11) is 0. The molecule has 1 rings (SSSR count). The van der Waals surface area contributed by atoms with E-state index in [1.54, 1.807) is 52.0 Å². The zero-order chi connectivity index (χ0) is 26.3. The van der Waals surface area contributed by atoms with Gasteiger partial charge in [0.2, 0.25) is 17.7 Å². The molecule has 0 bridgehead atoms. The van der Waals surface area contributed by atoms with E-state index < -0.39 is 53.5 Å². The van der Waals surface area contributed by atoms with Gasteiger partial charge in [-0.05, 0) is 66.2 Å². The van der Waals surface area contributed by atoms with Gasteiger partial charge in [-0.1, -0.05) is 18.1 Å². The normalized spacial score (nSPS) is 13.1. The average molecular weight is 473 g/mol. The first-order chi connectivity index (χ1) is 15.6. The lowest BCUT2D eigenvalue weighted by Crippen LogP contribution is -2.55. The van der Waals surface area contributed by atoms with E-state index in [0.717, 1.165) is 0 Å². The molecule has 9 nitrogen and oxygen atoms in total. The molecule has 1 aromatic rings. The van der Waals surface area contributed by atoms with Crippen LogP contribution in [-0.4, -0.2) is 52.4 Å². The van der Waals surface area contributed by atoms with Gasteiger partial charge in [0, 0.05) is 17.6 Å². The van der Waals surface area contributed by atoms with Crippen molar-refractivity contribution in [2.45, 2.75) is 78.1 Å². The number of benzene rings is 1. The zero-order valence-corrected chi connectivity index (χ0v) is 21.0. The smallest absolute Gasteiger partial charge is 0.408 e. The molecule has 0 aliphatic heterocycles. The average Bonchev–Trinajstić information content (AvgIpc) is 2.68. The number of primary amides is 1. The van der Waals surface area contributed by atoms with Crippen LogP contribution in [0.15, 0.2) is 24.3 Å². The van der Waals surface area contributed by atoms with Crippen molar-refractivity contribution in [3.8, 4) is 12.3 Å². The maximum atomic E-state index is 13.6. The molecule has 4 N–H and O–H groups in total. The molecule has 0 aliphatic carbocycles. The summed E-state index contributed by atoms with van der Waals surface area (Å²) in [4.78, 5) is 52.2. The summed E-state index contributed by atoms with van der Waals surface area (Å²) in [5.41, 5.74) is 5.09.